The molecule has 0 aliphatic heterocycles. The summed E-state index contributed by atoms with van der Waals surface area (Å²) >= 11 is 0. The molecule has 1 fully saturated rings. The van der Waals surface area contributed by atoms with Crippen LogP contribution in [0.3, 0.4) is 0 Å². The quantitative estimate of drug-likeness (QED) is 0.812. The van der Waals surface area contributed by atoms with E-state index in [1.807, 2.05) is 0 Å². The van der Waals surface area contributed by atoms with Gasteiger partial charge in [-0.25, -0.2) is 0 Å². The molecule has 0 amide bonds. The SMILES string of the molecule is O=C(c1ccc(NC2CCC2)cc1)c1cccc(C(F)(F)F)c1. The summed E-state index contributed by atoms with van der Waals surface area (Å²) in [6.07, 6.45) is -0.938. The number of ketones is 1. The predicted octanol–water partition coefficient (Wildman–Crippen LogP) is 4.90. The van der Waals surface area contributed by atoms with E-state index in [9.17, 15) is 18.0 Å². The Kier molecular flexibility index (Phi) is 4.11. The topological polar surface area (TPSA) is 29.1 Å². The zero-order valence-corrected chi connectivity index (χ0v) is 12.4. The number of halogens is 3. The van der Waals surface area contributed by atoms with Crippen LogP contribution in [-0.2, 0) is 6.18 Å². The molecule has 1 saturated carbocycles. The molecule has 3 rings (SSSR count). The van der Waals surface area contributed by atoms with Gasteiger partial charge in [-0.15, -0.1) is 0 Å². The van der Waals surface area contributed by atoms with Gasteiger partial charge in [-0.1, -0.05) is 12.1 Å². The van der Waals surface area contributed by atoms with Crippen molar-refractivity contribution in [3.8, 4) is 0 Å². The molecule has 0 spiro atoms. The summed E-state index contributed by atoms with van der Waals surface area (Å²) in [6, 6.07) is 11.9. The number of anilines is 1. The lowest BCUT2D eigenvalue weighted by Gasteiger charge is -2.27. The predicted molar refractivity (Wildman–Crippen MR) is 82.6 cm³/mol. The van der Waals surface area contributed by atoms with Crippen LogP contribution in [0.5, 0.6) is 0 Å². The van der Waals surface area contributed by atoms with Gasteiger partial charge in [0.1, 0.15) is 0 Å². The third-order valence-corrected chi connectivity index (χ3v) is 4.08. The van der Waals surface area contributed by atoms with Gasteiger partial charge >= 0.3 is 6.18 Å². The van der Waals surface area contributed by atoms with Gasteiger partial charge in [0.05, 0.1) is 5.56 Å². The minimum atomic E-state index is -4.45. The average molecular weight is 319 g/mol. The van der Waals surface area contributed by atoms with E-state index < -0.39 is 17.5 Å². The number of carbonyl (C=O) groups is 1. The monoisotopic (exact) mass is 319 g/mol. The van der Waals surface area contributed by atoms with Crippen LogP contribution in [0.1, 0.15) is 40.7 Å². The molecule has 120 valence electrons. The summed E-state index contributed by atoms with van der Waals surface area (Å²) in [7, 11) is 0. The smallest absolute Gasteiger partial charge is 0.382 e. The highest BCUT2D eigenvalue weighted by Gasteiger charge is 2.31. The Morgan fingerprint density at radius 1 is 1.00 bits per heavy atom. The largest absolute Gasteiger partial charge is 0.416 e. The van der Waals surface area contributed by atoms with Crippen LogP contribution >= 0.6 is 0 Å². The Morgan fingerprint density at radius 3 is 2.26 bits per heavy atom. The van der Waals surface area contributed by atoms with Gasteiger partial charge in [0, 0.05) is 22.9 Å². The van der Waals surface area contributed by atoms with Crippen molar-refractivity contribution in [1.82, 2.24) is 0 Å². The van der Waals surface area contributed by atoms with E-state index in [4.69, 9.17) is 0 Å². The van der Waals surface area contributed by atoms with Crippen molar-refractivity contribution in [1.29, 1.82) is 0 Å². The van der Waals surface area contributed by atoms with Crippen LogP contribution in [0.2, 0.25) is 0 Å². The summed E-state index contributed by atoms with van der Waals surface area (Å²) < 4.78 is 38.2. The highest BCUT2D eigenvalue weighted by molar-refractivity contribution is 6.09. The second-order valence-corrected chi connectivity index (χ2v) is 5.76. The summed E-state index contributed by atoms with van der Waals surface area (Å²) in [5.74, 6) is -0.411. The molecular formula is C18H16F3NO. The molecule has 2 aromatic carbocycles. The molecule has 0 unspecified atom stereocenters. The molecule has 0 bridgehead atoms. The summed E-state index contributed by atoms with van der Waals surface area (Å²) in [6.45, 7) is 0. The van der Waals surface area contributed by atoms with Crippen LogP contribution < -0.4 is 5.32 Å². The van der Waals surface area contributed by atoms with Gasteiger partial charge in [0.25, 0.3) is 0 Å². The molecule has 0 radical (unpaired) electrons. The molecule has 1 aliphatic carbocycles. The fourth-order valence-electron chi connectivity index (χ4n) is 2.51. The number of hydrogen-bond donors (Lipinski definition) is 1. The van der Waals surface area contributed by atoms with E-state index in [2.05, 4.69) is 5.32 Å². The number of nitrogens with one attached hydrogen (secondary N) is 1. The minimum absolute atomic E-state index is 0.0412. The Morgan fingerprint density at radius 2 is 1.70 bits per heavy atom. The van der Waals surface area contributed by atoms with E-state index in [1.165, 1.54) is 18.6 Å². The second-order valence-electron chi connectivity index (χ2n) is 5.76. The van der Waals surface area contributed by atoms with E-state index >= 15 is 0 Å². The van der Waals surface area contributed by atoms with Crippen LogP contribution in [0.4, 0.5) is 18.9 Å². The first-order valence-corrected chi connectivity index (χ1v) is 7.52. The molecule has 0 heterocycles. The van der Waals surface area contributed by atoms with E-state index in [0.29, 0.717) is 11.6 Å². The normalized spacial score (nSPS) is 15.1. The zero-order chi connectivity index (χ0) is 16.4. The van der Waals surface area contributed by atoms with Gasteiger partial charge in [-0.3, -0.25) is 4.79 Å². The first kappa shape index (κ1) is 15.6. The van der Waals surface area contributed by atoms with Gasteiger partial charge in [0.15, 0.2) is 5.78 Å². The second kappa shape index (κ2) is 6.07. The third-order valence-electron chi connectivity index (χ3n) is 4.08. The third kappa shape index (κ3) is 3.55. The van der Waals surface area contributed by atoms with Crippen LogP contribution in [0.25, 0.3) is 0 Å². The maximum atomic E-state index is 12.7. The Labute approximate surface area is 132 Å². The van der Waals surface area contributed by atoms with E-state index in [1.54, 1.807) is 24.3 Å². The summed E-state index contributed by atoms with van der Waals surface area (Å²) in [5, 5.41) is 3.35. The van der Waals surface area contributed by atoms with E-state index in [-0.39, 0.29) is 5.56 Å². The van der Waals surface area contributed by atoms with Crippen molar-refractivity contribution in [2.45, 2.75) is 31.5 Å². The molecule has 1 N–H and O–H groups in total. The average Bonchev–Trinajstić information content (AvgIpc) is 2.50. The first-order valence-electron chi connectivity index (χ1n) is 7.52. The number of hydrogen-bond acceptors (Lipinski definition) is 2. The number of rotatable bonds is 4. The molecule has 0 atom stereocenters. The van der Waals surface area contributed by atoms with Crippen molar-refractivity contribution < 1.29 is 18.0 Å². The van der Waals surface area contributed by atoms with Crippen molar-refractivity contribution in [2.24, 2.45) is 0 Å². The van der Waals surface area contributed by atoms with Crippen LogP contribution in [0.15, 0.2) is 48.5 Å². The number of alkyl halides is 3. The lowest BCUT2D eigenvalue weighted by atomic mass is 9.93. The maximum Gasteiger partial charge on any atom is 0.416 e. The number of carbonyl (C=O) groups excluding carboxylic acids is 1. The number of benzene rings is 2. The molecule has 23 heavy (non-hydrogen) atoms. The summed E-state index contributed by atoms with van der Waals surface area (Å²) in [5.41, 5.74) is 0.532. The lowest BCUT2D eigenvalue weighted by molar-refractivity contribution is -0.137. The highest BCUT2D eigenvalue weighted by atomic mass is 19.4. The molecular weight excluding hydrogens is 303 g/mol. The molecule has 0 aromatic heterocycles. The van der Waals surface area contributed by atoms with Crippen molar-refractivity contribution >= 4 is 11.5 Å². The van der Waals surface area contributed by atoms with E-state index in [0.717, 1.165) is 30.7 Å². The lowest BCUT2D eigenvalue weighted by Crippen LogP contribution is -2.26. The fraction of sp³-hybridized carbons (Fsp3) is 0.278. The standard InChI is InChI=1S/C18H16F3NO/c19-18(20,21)14-4-1-3-13(11-14)17(23)12-7-9-16(10-8-12)22-15-5-2-6-15/h1,3-4,7-11,15,22H,2,5-6H2. The highest BCUT2D eigenvalue weighted by Crippen LogP contribution is 2.30. The maximum absolute atomic E-state index is 12.7. The molecule has 2 aromatic rings. The van der Waals surface area contributed by atoms with Gasteiger partial charge in [-0.05, 0) is 55.7 Å². The molecule has 2 nitrogen and oxygen atoms in total. The minimum Gasteiger partial charge on any atom is -0.382 e. The Bertz CT molecular complexity index is 703. The Balaban J connectivity index is 1.77. The van der Waals surface area contributed by atoms with Gasteiger partial charge in [0.2, 0.25) is 0 Å². The molecule has 5 heteroatoms. The summed E-state index contributed by atoms with van der Waals surface area (Å²) in [4.78, 5) is 12.3. The van der Waals surface area contributed by atoms with Gasteiger partial charge in [-0.2, -0.15) is 13.2 Å². The van der Waals surface area contributed by atoms with Crippen LogP contribution in [-0.4, -0.2) is 11.8 Å². The van der Waals surface area contributed by atoms with Crippen molar-refractivity contribution in [3.63, 3.8) is 0 Å². The fourth-order valence-corrected chi connectivity index (χ4v) is 2.51. The molecule has 0 saturated heterocycles. The van der Waals surface area contributed by atoms with Crippen molar-refractivity contribution in [2.75, 3.05) is 5.32 Å². The first-order chi connectivity index (χ1) is 10.9. The molecule has 1 aliphatic rings. The Hall–Kier alpha value is -2.30. The van der Waals surface area contributed by atoms with Crippen LogP contribution in [0, 0.1) is 0 Å². The van der Waals surface area contributed by atoms with Crippen molar-refractivity contribution in [3.05, 3.63) is 65.2 Å². The zero-order valence-electron chi connectivity index (χ0n) is 12.4. The van der Waals surface area contributed by atoms with Gasteiger partial charge < -0.3 is 5.32 Å².